The lowest BCUT2D eigenvalue weighted by atomic mass is 10.00. The molecule has 32 heavy (non-hydrogen) atoms. The van der Waals surface area contributed by atoms with Gasteiger partial charge in [0.1, 0.15) is 5.75 Å². The zero-order valence-electron chi connectivity index (χ0n) is 16.9. The molecule has 9 nitrogen and oxygen atoms in total. The van der Waals surface area contributed by atoms with Gasteiger partial charge in [0.2, 0.25) is 5.54 Å². The standard InChI is InChI=1S/C23H17N5O4/c1-32-17-5-4-16-12-28(20(29)18(16)10-17)13-23(21(30)26-22(31)27-23)7-6-14-9-15-3-2-8-24-19(15)25-11-14/h2-5,8-12,29H,13H2,1H3,(H2,26,27,30,31)/t23-/m0/s1. The maximum absolute atomic E-state index is 12.7. The number of fused-ring (bicyclic) bond motifs is 2. The van der Waals surface area contributed by atoms with Gasteiger partial charge in [-0.3, -0.25) is 10.1 Å². The molecule has 5 rings (SSSR count). The predicted molar refractivity (Wildman–Crippen MR) is 116 cm³/mol. The minimum Gasteiger partial charge on any atom is -0.497 e. The number of hydrogen-bond donors (Lipinski definition) is 3. The number of ether oxygens (including phenoxy) is 1. The zero-order chi connectivity index (χ0) is 22.3. The van der Waals surface area contributed by atoms with Gasteiger partial charge in [-0.15, -0.1) is 0 Å². The predicted octanol–water partition coefficient (Wildman–Crippen LogP) is 1.93. The van der Waals surface area contributed by atoms with Crippen LogP contribution in [0.4, 0.5) is 4.79 Å². The summed E-state index contributed by atoms with van der Waals surface area (Å²) in [4.78, 5) is 33.1. The first-order valence-electron chi connectivity index (χ1n) is 9.71. The van der Waals surface area contributed by atoms with E-state index in [4.69, 9.17) is 4.74 Å². The van der Waals surface area contributed by atoms with Gasteiger partial charge in [-0.25, -0.2) is 14.8 Å². The summed E-state index contributed by atoms with van der Waals surface area (Å²) in [5.74, 6) is 5.75. The van der Waals surface area contributed by atoms with Gasteiger partial charge in [-0.05, 0) is 36.4 Å². The summed E-state index contributed by atoms with van der Waals surface area (Å²) < 4.78 is 6.69. The lowest BCUT2D eigenvalue weighted by Crippen LogP contribution is -2.49. The fourth-order valence-corrected chi connectivity index (χ4v) is 3.67. The molecule has 1 aromatic carbocycles. The van der Waals surface area contributed by atoms with Crippen molar-refractivity contribution in [3.63, 3.8) is 0 Å². The van der Waals surface area contributed by atoms with Gasteiger partial charge in [0.05, 0.1) is 13.7 Å². The molecule has 0 saturated carbocycles. The summed E-state index contributed by atoms with van der Waals surface area (Å²) in [5, 5.41) is 17.7. The molecule has 1 atom stereocenters. The minimum atomic E-state index is -1.57. The maximum Gasteiger partial charge on any atom is 0.323 e. The van der Waals surface area contributed by atoms with E-state index < -0.39 is 17.5 Å². The molecule has 0 spiro atoms. The Morgan fingerprint density at radius 2 is 2.06 bits per heavy atom. The van der Waals surface area contributed by atoms with Crippen molar-refractivity contribution in [1.82, 2.24) is 25.2 Å². The lowest BCUT2D eigenvalue weighted by Gasteiger charge is -2.20. The number of amides is 3. The lowest BCUT2D eigenvalue weighted by molar-refractivity contribution is -0.122. The van der Waals surface area contributed by atoms with Crippen LogP contribution in [0, 0.1) is 11.8 Å². The number of pyridine rings is 2. The molecule has 3 aromatic heterocycles. The molecule has 3 N–H and O–H groups in total. The summed E-state index contributed by atoms with van der Waals surface area (Å²) in [7, 11) is 1.54. The number of aromatic hydroxyl groups is 1. The van der Waals surface area contributed by atoms with E-state index in [0.29, 0.717) is 22.3 Å². The smallest absolute Gasteiger partial charge is 0.323 e. The van der Waals surface area contributed by atoms with E-state index in [2.05, 4.69) is 32.4 Å². The first kappa shape index (κ1) is 19.4. The third-order valence-corrected chi connectivity index (χ3v) is 5.29. The van der Waals surface area contributed by atoms with Gasteiger partial charge >= 0.3 is 6.03 Å². The molecule has 1 fully saturated rings. The number of rotatable bonds is 3. The van der Waals surface area contributed by atoms with Crippen LogP contribution in [0.2, 0.25) is 0 Å². The molecule has 1 aliphatic rings. The second-order valence-corrected chi connectivity index (χ2v) is 7.37. The topological polar surface area (TPSA) is 118 Å². The Hall–Kier alpha value is -4.58. The summed E-state index contributed by atoms with van der Waals surface area (Å²) >= 11 is 0. The van der Waals surface area contributed by atoms with Crippen LogP contribution >= 0.6 is 0 Å². The Morgan fingerprint density at radius 3 is 2.84 bits per heavy atom. The third kappa shape index (κ3) is 3.24. The SMILES string of the molecule is COc1ccc2cn(C[C@]3(C#Cc4cnc5ncccc5c4)NC(=O)NC3=O)c(O)c2c1. The molecular formula is C23H17N5O4. The van der Waals surface area contributed by atoms with Gasteiger partial charge < -0.3 is 19.7 Å². The second kappa shape index (κ2) is 7.28. The highest BCUT2D eigenvalue weighted by molar-refractivity contribution is 6.09. The van der Waals surface area contributed by atoms with Crippen molar-refractivity contribution in [3.8, 4) is 23.5 Å². The molecule has 0 unspecified atom stereocenters. The number of methoxy groups -OCH3 is 1. The molecule has 158 valence electrons. The number of aromatic nitrogens is 3. The highest BCUT2D eigenvalue weighted by Crippen LogP contribution is 2.32. The van der Waals surface area contributed by atoms with Crippen molar-refractivity contribution in [1.29, 1.82) is 0 Å². The number of carbonyl (C=O) groups excluding carboxylic acids is 2. The molecule has 0 bridgehead atoms. The Labute approximate surface area is 182 Å². The minimum absolute atomic E-state index is 0.0625. The van der Waals surface area contributed by atoms with Crippen LogP contribution < -0.4 is 15.4 Å². The fourth-order valence-electron chi connectivity index (χ4n) is 3.67. The van der Waals surface area contributed by atoms with Crippen molar-refractivity contribution >= 4 is 33.7 Å². The van der Waals surface area contributed by atoms with Crippen molar-refractivity contribution in [2.45, 2.75) is 12.1 Å². The monoisotopic (exact) mass is 427 g/mol. The molecule has 3 amide bonds. The van der Waals surface area contributed by atoms with E-state index in [0.717, 1.165) is 10.8 Å². The molecule has 4 aromatic rings. The molecule has 0 aliphatic carbocycles. The van der Waals surface area contributed by atoms with Crippen LogP contribution in [-0.2, 0) is 11.3 Å². The first-order chi connectivity index (χ1) is 15.5. The number of urea groups is 1. The summed E-state index contributed by atoms with van der Waals surface area (Å²) in [6, 6.07) is 10.1. The normalized spacial score (nSPS) is 17.7. The fraction of sp³-hybridized carbons (Fsp3) is 0.130. The number of imide groups is 1. The van der Waals surface area contributed by atoms with Crippen LogP contribution in [0.15, 0.2) is 55.0 Å². The highest BCUT2D eigenvalue weighted by atomic mass is 16.5. The van der Waals surface area contributed by atoms with E-state index in [1.54, 1.807) is 48.9 Å². The van der Waals surface area contributed by atoms with Gasteiger partial charge in [0.15, 0.2) is 11.5 Å². The van der Waals surface area contributed by atoms with E-state index in [1.807, 2.05) is 6.07 Å². The Kier molecular flexibility index (Phi) is 4.41. The number of nitrogens with zero attached hydrogens (tertiary/aromatic N) is 3. The Balaban J connectivity index is 1.56. The largest absolute Gasteiger partial charge is 0.497 e. The van der Waals surface area contributed by atoms with E-state index in [1.165, 1.54) is 11.7 Å². The number of carbonyl (C=O) groups is 2. The number of nitrogens with one attached hydrogen (secondary N) is 2. The molecular weight excluding hydrogens is 410 g/mol. The van der Waals surface area contributed by atoms with Crippen LogP contribution in [0.25, 0.3) is 21.8 Å². The van der Waals surface area contributed by atoms with Crippen LogP contribution in [0.3, 0.4) is 0 Å². The second-order valence-electron chi connectivity index (χ2n) is 7.37. The molecule has 9 heteroatoms. The summed E-state index contributed by atoms with van der Waals surface area (Å²) in [6.45, 7) is -0.0943. The zero-order valence-corrected chi connectivity index (χ0v) is 16.9. The van der Waals surface area contributed by atoms with Gasteiger partial charge in [0, 0.05) is 40.3 Å². The Morgan fingerprint density at radius 1 is 1.19 bits per heavy atom. The maximum atomic E-state index is 12.7. The Bertz CT molecular complexity index is 1470. The van der Waals surface area contributed by atoms with Crippen LogP contribution in [-0.4, -0.2) is 44.2 Å². The quantitative estimate of drug-likeness (QED) is 0.340. The van der Waals surface area contributed by atoms with Crippen LogP contribution in [0.5, 0.6) is 11.6 Å². The van der Waals surface area contributed by atoms with E-state index in [9.17, 15) is 14.7 Å². The van der Waals surface area contributed by atoms with Crippen LogP contribution in [0.1, 0.15) is 5.56 Å². The average Bonchev–Trinajstić information content (AvgIpc) is 3.26. The van der Waals surface area contributed by atoms with Crippen molar-refractivity contribution < 1.29 is 19.4 Å². The molecule has 0 radical (unpaired) electrons. The number of hydrogen-bond acceptors (Lipinski definition) is 6. The molecule has 1 aliphatic heterocycles. The van der Waals surface area contributed by atoms with E-state index in [-0.39, 0.29) is 12.4 Å². The van der Waals surface area contributed by atoms with Gasteiger partial charge in [0.25, 0.3) is 5.91 Å². The highest BCUT2D eigenvalue weighted by Gasteiger charge is 2.46. The van der Waals surface area contributed by atoms with Crippen molar-refractivity contribution in [2.75, 3.05) is 7.11 Å². The average molecular weight is 427 g/mol. The van der Waals surface area contributed by atoms with Crippen molar-refractivity contribution in [2.24, 2.45) is 0 Å². The molecule has 4 heterocycles. The van der Waals surface area contributed by atoms with Gasteiger partial charge in [-0.2, -0.15) is 0 Å². The first-order valence-corrected chi connectivity index (χ1v) is 9.71. The van der Waals surface area contributed by atoms with Gasteiger partial charge in [-0.1, -0.05) is 11.8 Å². The summed E-state index contributed by atoms with van der Waals surface area (Å²) in [6.07, 6.45) is 4.89. The molecule has 1 saturated heterocycles. The summed E-state index contributed by atoms with van der Waals surface area (Å²) in [5.41, 5.74) is -0.429. The van der Waals surface area contributed by atoms with E-state index >= 15 is 0 Å². The number of benzene rings is 1. The van der Waals surface area contributed by atoms with Crippen molar-refractivity contribution in [3.05, 3.63) is 60.6 Å². The third-order valence-electron chi connectivity index (χ3n) is 5.29.